The quantitative estimate of drug-likeness (QED) is 0.678. The van der Waals surface area contributed by atoms with E-state index in [0.717, 1.165) is 16.9 Å². The van der Waals surface area contributed by atoms with Gasteiger partial charge in [-0.3, -0.25) is 0 Å². The molecule has 2 aromatic carbocycles. The number of hydrogen-bond donors (Lipinski definition) is 2. The van der Waals surface area contributed by atoms with E-state index in [1.165, 1.54) is 0 Å². The van der Waals surface area contributed by atoms with Gasteiger partial charge in [-0.25, -0.2) is 4.79 Å². The molecule has 1 aromatic heterocycles. The van der Waals surface area contributed by atoms with Crippen LogP contribution in [0.2, 0.25) is 0 Å². The van der Waals surface area contributed by atoms with Crippen LogP contribution in [0.5, 0.6) is 5.75 Å². The zero-order valence-corrected chi connectivity index (χ0v) is 15.5. The molecule has 27 heavy (non-hydrogen) atoms. The van der Waals surface area contributed by atoms with Crippen molar-refractivity contribution in [2.24, 2.45) is 0 Å². The Balaban J connectivity index is 1.76. The van der Waals surface area contributed by atoms with Gasteiger partial charge in [-0.05, 0) is 57.2 Å². The van der Waals surface area contributed by atoms with Gasteiger partial charge in [0.15, 0.2) is 0 Å². The highest BCUT2D eigenvalue weighted by Crippen LogP contribution is 2.25. The number of amides is 2. The SMILES string of the molecule is CCOc1ccc(-c2nc(-c3cccc(NC(=O)NC(C)C)c3)no2)cc1. The molecule has 0 saturated carbocycles. The number of nitrogens with zero attached hydrogens (tertiary/aromatic N) is 2. The van der Waals surface area contributed by atoms with Gasteiger partial charge >= 0.3 is 6.03 Å². The third-order valence-corrected chi connectivity index (χ3v) is 3.64. The van der Waals surface area contributed by atoms with Crippen LogP contribution in [-0.2, 0) is 0 Å². The van der Waals surface area contributed by atoms with E-state index in [4.69, 9.17) is 9.26 Å². The summed E-state index contributed by atoms with van der Waals surface area (Å²) in [6, 6.07) is 14.6. The van der Waals surface area contributed by atoms with Gasteiger partial charge in [-0.1, -0.05) is 17.3 Å². The maximum atomic E-state index is 11.9. The number of hydrogen-bond acceptors (Lipinski definition) is 5. The Morgan fingerprint density at radius 2 is 1.93 bits per heavy atom. The van der Waals surface area contributed by atoms with Crippen molar-refractivity contribution in [3.63, 3.8) is 0 Å². The van der Waals surface area contributed by atoms with Crippen molar-refractivity contribution in [3.8, 4) is 28.6 Å². The Bertz CT molecular complexity index is 904. The van der Waals surface area contributed by atoms with Crippen LogP contribution in [0.15, 0.2) is 53.1 Å². The highest BCUT2D eigenvalue weighted by Gasteiger charge is 2.12. The summed E-state index contributed by atoms with van der Waals surface area (Å²) in [5, 5.41) is 9.61. The zero-order chi connectivity index (χ0) is 19.2. The summed E-state index contributed by atoms with van der Waals surface area (Å²) in [5.74, 6) is 1.66. The Kier molecular flexibility index (Phi) is 5.71. The topological polar surface area (TPSA) is 89.3 Å². The predicted molar refractivity (Wildman–Crippen MR) is 104 cm³/mol. The van der Waals surface area contributed by atoms with Crippen LogP contribution in [0.25, 0.3) is 22.8 Å². The van der Waals surface area contributed by atoms with Gasteiger partial charge in [-0.2, -0.15) is 4.98 Å². The summed E-state index contributed by atoms with van der Waals surface area (Å²) < 4.78 is 10.8. The minimum Gasteiger partial charge on any atom is -0.494 e. The van der Waals surface area contributed by atoms with Crippen LogP contribution in [0.4, 0.5) is 10.5 Å². The van der Waals surface area contributed by atoms with Gasteiger partial charge in [0, 0.05) is 22.9 Å². The maximum Gasteiger partial charge on any atom is 0.319 e. The molecule has 140 valence electrons. The monoisotopic (exact) mass is 366 g/mol. The number of nitrogens with one attached hydrogen (secondary N) is 2. The smallest absolute Gasteiger partial charge is 0.319 e. The second-order valence-electron chi connectivity index (χ2n) is 6.21. The molecule has 0 atom stereocenters. The molecular weight excluding hydrogens is 344 g/mol. The van der Waals surface area contributed by atoms with Gasteiger partial charge in [0.1, 0.15) is 5.75 Å². The molecule has 0 aliphatic rings. The van der Waals surface area contributed by atoms with E-state index in [9.17, 15) is 4.79 Å². The highest BCUT2D eigenvalue weighted by atomic mass is 16.5. The van der Waals surface area contributed by atoms with Gasteiger partial charge < -0.3 is 19.9 Å². The number of rotatable bonds is 6. The Morgan fingerprint density at radius 1 is 1.15 bits per heavy atom. The van der Waals surface area contributed by atoms with E-state index in [1.807, 2.05) is 57.2 Å². The van der Waals surface area contributed by atoms with Crippen LogP contribution in [0, 0.1) is 0 Å². The molecular formula is C20H22N4O3. The lowest BCUT2D eigenvalue weighted by molar-refractivity contribution is 0.250. The number of carbonyl (C=O) groups excluding carboxylic acids is 1. The van der Waals surface area contributed by atoms with E-state index in [2.05, 4.69) is 20.8 Å². The maximum absolute atomic E-state index is 11.9. The van der Waals surface area contributed by atoms with E-state index < -0.39 is 0 Å². The molecule has 0 aliphatic heterocycles. The van der Waals surface area contributed by atoms with Crippen molar-refractivity contribution in [2.75, 3.05) is 11.9 Å². The molecule has 3 rings (SSSR count). The van der Waals surface area contributed by atoms with Crippen LogP contribution < -0.4 is 15.4 Å². The molecule has 0 unspecified atom stereocenters. The Morgan fingerprint density at radius 3 is 2.63 bits per heavy atom. The lowest BCUT2D eigenvalue weighted by atomic mass is 10.2. The van der Waals surface area contributed by atoms with Crippen molar-refractivity contribution in [1.29, 1.82) is 0 Å². The summed E-state index contributed by atoms with van der Waals surface area (Å²) in [6.07, 6.45) is 0. The number of aromatic nitrogens is 2. The predicted octanol–water partition coefficient (Wildman–Crippen LogP) is 4.33. The molecule has 0 radical (unpaired) electrons. The standard InChI is InChI=1S/C20H22N4O3/c1-4-26-17-10-8-14(9-11-17)19-23-18(24-27-19)15-6-5-7-16(12-15)22-20(25)21-13(2)3/h5-13H,4H2,1-3H3,(H2,21,22,25). The normalized spacial score (nSPS) is 10.7. The summed E-state index contributed by atoms with van der Waals surface area (Å²) in [6.45, 7) is 6.35. The summed E-state index contributed by atoms with van der Waals surface area (Å²) in [4.78, 5) is 16.3. The van der Waals surface area contributed by atoms with Crippen LogP contribution >= 0.6 is 0 Å². The molecule has 2 amide bonds. The lowest BCUT2D eigenvalue weighted by Crippen LogP contribution is -2.34. The van der Waals surface area contributed by atoms with Gasteiger partial charge in [0.05, 0.1) is 6.61 Å². The molecule has 2 N–H and O–H groups in total. The second-order valence-corrected chi connectivity index (χ2v) is 6.21. The van der Waals surface area contributed by atoms with Gasteiger partial charge in [0.2, 0.25) is 5.82 Å². The Labute approximate surface area is 157 Å². The van der Waals surface area contributed by atoms with Gasteiger partial charge in [0.25, 0.3) is 5.89 Å². The highest BCUT2D eigenvalue weighted by molar-refractivity contribution is 5.90. The summed E-state index contributed by atoms with van der Waals surface area (Å²) in [5.41, 5.74) is 2.21. The third kappa shape index (κ3) is 4.84. The molecule has 0 fully saturated rings. The number of benzene rings is 2. The second kappa shape index (κ2) is 8.35. The van der Waals surface area contributed by atoms with E-state index in [1.54, 1.807) is 12.1 Å². The number of anilines is 1. The molecule has 7 heteroatoms. The van der Waals surface area contributed by atoms with Gasteiger partial charge in [-0.15, -0.1) is 0 Å². The van der Waals surface area contributed by atoms with E-state index in [-0.39, 0.29) is 12.1 Å². The molecule has 3 aromatic rings. The zero-order valence-electron chi connectivity index (χ0n) is 15.5. The summed E-state index contributed by atoms with van der Waals surface area (Å²) in [7, 11) is 0. The van der Waals surface area contributed by atoms with E-state index >= 15 is 0 Å². The first-order valence-corrected chi connectivity index (χ1v) is 8.80. The van der Waals surface area contributed by atoms with E-state index in [0.29, 0.717) is 24.0 Å². The fourth-order valence-corrected chi connectivity index (χ4v) is 2.48. The largest absolute Gasteiger partial charge is 0.494 e. The fourth-order valence-electron chi connectivity index (χ4n) is 2.48. The van der Waals surface area contributed by atoms with Crippen molar-refractivity contribution in [2.45, 2.75) is 26.8 Å². The lowest BCUT2D eigenvalue weighted by Gasteiger charge is -2.10. The van der Waals surface area contributed by atoms with Crippen molar-refractivity contribution in [1.82, 2.24) is 15.5 Å². The van der Waals surface area contributed by atoms with Crippen LogP contribution in [-0.4, -0.2) is 28.8 Å². The average molecular weight is 366 g/mol. The van der Waals surface area contributed by atoms with Crippen LogP contribution in [0.1, 0.15) is 20.8 Å². The van der Waals surface area contributed by atoms with Crippen LogP contribution in [0.3, 0.4) is 0 Å². The Hall–Kier alpha value is -3.35. The fraction of sp³-hybridized carbons (Fsp3) is 0.250. The molecule has 1 heterocycles. The average Bonchev–Trinajstić information content (AvgIpc) is 3.12. The van der Waals surface area contributed by atoms with Crippen molar-refractivity contribution >= 4 is 11.7 Å². The number of carbonyl (C=O) groups is 1. The van der Waals surface area contributed by atoms with Crippen molar-refractivity contribution in [3.05, 3.63) is 48.5 Å². The first-order valence-electron chi connectivity index (χ1n) is 8.80. The van der Waals surface area contributed by atoms with Crippen molar-refractivity contribution < 1.29 is 14.1 Å². The first-order chi connectivity index (χ1) is 13.0. The molecule has 0 aliphatic carbocycles. The number of ether oxygens (including phenoxy) is 1. The molecule has 0 spiro atoms. The summed E-state index contributed by atoms with van der Waals surface area (Å²) >= 11 is 0. The minimum atomic E-state index is -0.259. The minimum absolute atomic E-state index is 0.0575. The molecule has 0 bridgehead atoms. The third-order valence-electron chi connectivity index (χ3n) is 3.64. The molecule has 7 nitrogen and oxygen atoms in total. The molecule has 0 saturated heterocycles. The number of urea groups is 1. The first kappa shape index (κ1) is 18.4.